The van der Waals surface area contributed by atoms with Gasteiger partial charge in [-0.15, -0.1) is 11.3 Å². The number of nitriles is 1. The molecule has 0 spiro atoms. The minimum Gasteiger partial charge on any atom is -0.340 e. The second-order valence-corrected chi connectivity index (χ2v) is 5.85. The molecule has 0 fully saturated rings. The first-order valence-corrected chi connectivity index (χ1v) is 6.34. The molecule has 1 atom stereocenters. The van der Waals surface area contributed by atoms with Crippen LogP contribution in [0.25, 0.3) is 0 Å². The zero-order valence-corrected chi connectivity index (χ0v) is 11.4. The lowest BCUT2D eigenvalue weighted by Crippen LogP contribution is -2.32. The van der Waals surface area contributed by atoms with Crippen LogP contribution >= 0.6 is 11.3 Å². The van der Waals surface area contributed by atoms with Crippen LogP contribution in [0.4, 0.5) is 0 Å². The van der Waals surface area contributed by atoms with Gasteiger partial charge in [-0.1, -0.05) is 20.8 Å². The van der Waals surface area contributed by atoms with Gasteiger partial charge in [-0.3, -0.25) is 4.79 Å². The molecule has 0 bridgehead atoms. The molecule has 0 aliphatic rings. The van der Waals surface area contributed by atoms with Crippen molar-refractivity contribution in [2.45, 2.75) is 45.6 Å². The zero-order chi connectivity index (χ0) is 13.1. The minimum absolute atomic E-state index is 0.0132. The fourth-order valence-electron chi connectivity index (χ4n) is 1.22. The summed E-state index contributed by atoms with van der Waals surface area (Å²) in [6.45, 7) is 7.92. The Morgan fingerprint density at radius 2 is 2.29 bits per heavy atom. The Morgan fingerprint density at radius 1 is 1.65 bits per heavy atom. The van der Waals surface area contributed by atoms with E-state index in [2.05, 4.69) is 31.1 Å². The zero-order valence-electron chi connectivity index (χ0n) is 10.6. The van der Waals surface area contributed by atoms with Gasteiger partial charge in [0.05, 0.1) is 23.2 Å². The minimum atomic E-state index is -0.455. The third-order valence-electron chi connectivity index (χ3n) is 2.11. The molecule has 0 aromatic carbocycles. The van der Waals surface area contributed by atoms with Crippen molar-refractivity contribution in [3.8, 4) is 6.07 Å². The van der Waals surface area contributed by atoms with E-state index in [4.69, 9.17) is 5.26 Å². The van der Waals surface area contributed by atoms with E-state index in [0.29, 0.717) is 0 Å². The first-order chi connectivity index (χ1) is 7.82. The van der Waals surface area contributed by atoms with Crippen molar-refractivity contribution in [3.63, 3.8) is 0 Å². The van der Waals surface area contributed by atoms with Crippen LogP contribution < -0.4 is 5.32 Å². The maximum Gasteiger partial charge on any atom is 0.227 e. The number of thiazole rings is 1. The summed E-state index contributed by atoms with van der Waals surface area (Å²) in [6, 6.07) is 1.51. The number of amides is 1. The normalized spacial score (nSPS) is 12.9. The van der Waals surface area contributed by atoms with Gasteiger partial charge >= 0.3 is 0 Å². The smallest absolute Gasteiger partial charge is 0.227 e. The lowest BCUT2D eigenvalue weighted by molar-refractivity contribution is -0.120. The molecule has 5 heteroatoms. The Morgan fingerprint density at radius 3 is 2.76 bits per heavy atom. The van der Waals surface area contributed by atoms with Gasteiger partial charge < -0.3 is 5.32 Å². The second-order valence-electron chi connectivity index (χ2n) is 4.99. The van der Waals surface area contributed by atoms with Crippen molar-refractivity contribution in [3.05, 3.63) is 16.1 Å². The number of aromatic nitrogens is 1. The standard InChI is InChI=1S/C12H17N3OS/c1-8(6-13)14-10(16)5-9-7-17-11(15-9)12(2,3)4/h7-8H,5H2,1-4H3,(H,14,16). The van der Waals surface area contributed by atoms with Crippen molar-refractivity contribution < 1.29 is 4.79 Å². The summed E-state index contributed by atoms with van der Waals surface area (Å²) in [7, 11) is 0. The number of hydrogen-bond acceptors (Lipinski definition) is 4. The van der Waals surface area contributed by atoms with E-state index < -0.39 is 6.04 Å². The summed E-state index contributed by atoms with van der Waals surface area (Å²) in [5, 5.41) is 14.1. The average Bonchev–Trinajstić information content (AvgIpc) is 2.65. The van der Waals surface area contributed by atoms with Gasteiger partial charge in [0.2, 0.25) is 5.91 Å². The van der Waals surface area contributed by atoms with Gasteiger partial charge in [0.1, 0.15) is 6.04 Å². The lowest BCUT2D eigenvalue weighted by atomic mass is 9.98. The Kier molecular flexibility index (Phi) is 4.24. The molecule has 1 N–H and O–H groups in total. The number of carbonyl (C=O) groups excluding carboxylic acids is 1. The largest absolute Gasteiger partial charge is 0.340 e. The van der Waals surface area contributed by atoms with E-state index in [1.54, 1.807) is 18.3 Å². The monoisotopic (exact) mass is 251 g/mol. The molecule has 1 aromatic heterocycles. The highest BCUT2D eigenvalue weighted by Crippen LogP contribution is 2.25. The number of nitrogens with zero attached hydrogens (tertiary/aromatic N) is 2. The van der Waals surface area contributed by atoms with E-state index in [1.165, 1.54) is 0 Å². The van der Waals surface area contributed by atoms with Crippen LogP contribution in [0.15, 0.2) is 5.38 Å². The molecular weight excluding hydrogens is 234 g/mol. The summed E-state index contributed by atoms with van der Waals surface area (Å²) in [5.41, 5.74) is 0.779. The van der Waals surface area contributed by atoms with Crippen LogP contribution in [-0.2, 0) is 16.6 Å². The second kappa shape index (κ2) is 5.28. The van der Waals surface area contributed by atoms with Gasteiger partial charge in [-0.05, 0) is 6.92 Å². The maximum absolute atomic E-state index is 11.5. The highest BCUT2D eigenvalue weighted by Gasteiger charge is 2.18. The summed E-state index contributed by atoms with van der Waals surface area (Å²) < 4.78 is 0. The topological polar surface area (TPSA) is 65.8 Å². The van der Waals surface area contributed by atoms with Crippen LogP contribution in [0.1, 0.15) is 38.4 Å². The van der Waals surface area contributed by atoms with E-state index in [1.807, 2.05) is 11.4 Å². The summed E-state index contributed by atoms with van der Waals surface area (Å²) in [6.07, 6.45) is 0.235. The van der Waals surface area contributed by atoms with Crippen LogP contribution in [0, 0.1) is 11.3 Å². The van der Waals surface area contributed by atoms with Crippen LogP contribution in [0.2, 0.25) is 0 Å². The van der Waals surface area contributed by atoms with Gasteiger partial charge in [0.25, 0.3) is 0 Å². The summed E-state index contributed by atoms with van der Waals surface area (Å²) in [4.78, 5) is 16.0. The van der Waals surface area contributed by atoms with Gasteiger partial charge in [0.15, 0.2) is 0 Å². The van der Waals surface area contributed by atoms with Crippen molar-refractivity contribution >= 4 is 17.2 Å². The first kappa shape index (κ1) is 13.7. The highest BCUT2D eigenvalue weighted by molar-refractivity contribution is 7.09. The maximum atomic E-state index is 11.5. The molecule has 0 aliphatic carbocycles. The third kappa shape index (κ3) is 4.16. The van der Waals surface area contributed by atoms with Gasteiger partial charge in [-0.25, -0.2) is 4.98 Å². The molecule has 1 rings (SSSR count). The Labute approximate surface area is 106 Å². The lowest BCUT2D eigenvalue weighted by Gasteiger charge is -2.13. The van der Waals surface area contributed by atoms with Crippen LogP contribution in [0.3, 0.4) is 0 Å². The Balaban J connectivity index is 2.62. The van der Waals surface area contributed by atoms with E-state index in [9.17, 15) is 4.79 Å². The quantitative estimate of drug-likeness (QED) is 0.893. The van der Waals surface area contributed by atoms with Crippen LogP contribution in [0.5, 0.6) is 0 Å². The third-order valence-corrected chi connectivity index (χ3v) is 3.42. The fraction of sp³-hybridized carbons (Fsp3) is 0.583. The number of hydrogen-bond donors (Lipinski definition) is 1. The average molecular weight is 251 g/mol. The molecule has 1 amide bonds. The van der Waals surface area contributed by atoms with Crippen LogP contribution in [-0.4, -0.2) is 16.9 Å². The molecule has 4 nitrogen and oxygen atoms in total. The molecule has 0 saturated carbocycles. The van der Waals surface area contributed by atoms with Crippen molar-refractivity contribution in [2.75, 3.05) is 0 Å². The molecule has 1 heterocycles. The van der Waals surface area contributed by atoms with E-state index in [0.717, 1.165) is 10.7 Å². The summed E-state index contributed by atoms with van der Waals surface area (Å²) in [5.74, 6) is -0.162. The Bertz CT molecular complexity index is 439. The number of carbonyl (C=O) groups is 1. The molecule has 92 valence electrons. The Hall–Kier alpha value is -1.41. The predicted molar refractivity (Wildman–Crippen MR) is 67.7 cm³/mol. The molecule has 0 aliphatic heterocycles. The van der Waals surface area contributed by atoms with E-state index >= 15 is 0 Å². The molecular formula is C12H17N3OS. The fourth-order valence-corrected chi connectivity index (χ4v) is 2.13. The molecule has 0 saturated heterocycles. The summed E-state index contributed by atoms with van der Waals surface area (Å²) >= 11 is 1.57. The molecule has 1 unspecified atom stereocenters. The highest BCUT2D eigenvalue weighted by atomic mass is 32.1. The molecule has 1 aromatic rings. The number of rotatable bonds is 3. The molecule has 0 radical (unpaired) electrons. The van der Waals surface area contributed by atoms with Gasteiger partial charge in [-0.2, -0.15) is 5.26 Å². The van der Waals surface area contributed by atoms with Crippen molar-refractivity contribution in [2.24, 2.45) is 0 Å². The predicted octanol–water partition coefficient (Wildman–Crippen LogP) is 2.01. The van der Waals surface area contributed by atoms with Crippen molar-refractivity contribution in [1.29, 1.82) is 5.26 Å². The van der Waals surface area contributed by atoms with Gasteiger partial charge in [0, 0.05) is 10.8 Å². The van der Waals surface area contributed by atoms with E-state index in [-0.39, 0.29) is 17.7 Å². The first-order valence-electron chi connectivity index (χ1n) is 5.47. The SMILES string of the molecule is CC(C#N)NC(=O)Cc1csc(C(C)(C)C)n1. The van der Waals surface area contributed by atoms with Crippen molar-refractivity contribution in [1.82, 2.24) is 10.3 Å². The molecule has 17 heavy (non-hydrogen) atoms. The number of nitrogens with one attached hydrogen (secondary N) is 1.